The van der Waals surface area contributed by atoms with Crippen molar-refractivity contribution in [2.75, 3.05) is 46.4 Å². The molecule has 0 spiro atoms. The van der Waals surface area contributed by atoms with Crippen molar-refractivity contribution in [3.8, 4) is 11.5 Å². The Morgan fingerprint density at radius 1 is 0.963 bits per heavy atom. The molecule has 0 N–H and O–H groups in total. The summed E-state index contributed by atoms with van der Waals surface area (Å²) in [5.74, 6) is 1.30. The van der Waals surface area contributed by atoms with Crippen LogP contribution in [-0.4, -0.2) is 62.5 Å². The van der Waals surface area contributed by atoms with E-state index in [0.29, 0.717) is 23.7 Å². The van der Waals surface area contributed by atoms with Crippen molar-refractivity contribution >= 4 is 6.29 Å². The van der Waals surface area contributed by atoms with Crippen LogP contribution >= 0.6 is 0 Å². The first-order valence-electron chi connectivity index (χ1n) is 9.53. The van der Waals surface area contributed by atoms with Crippen LogP contribution in [0.25, 0.3) is 0 Å². The fourth-order valence-electron chi connectivity index (χ4n) is 3.36. The summed E-state index contributed by atoms with van der Waals surface area (Å²) in [7, 11) is 1.59. The maximum atomic E-state index is 10.8. The lowest BCUT2D eigenvalue weighted by atomic mass is 10.2. The predicted molar refractivity (Wildman–Crippen MR) is 107 cm³/mol. The summed E-state index contributed by atoms with van der Waals surface area (Å²) in [5.41, 5.74) is 1.97. The van der Waals surface area contributed by atoms with E-state index >= 15 is 0 Å². The molecule has 1 aliphatic rings. The largest absolute Gasteiger partial charge is 0.493 e. The van der Waals surface area contributed by atoms with E-state index in [2.05, 4.69) is 40.1 Å². The Kier molecular flexibility index (Phi) is 7.25. The molecule has 1 aliphatic heterocycles. The highest BCUT2D eigenvalue weighted by molar-refractivity contribution is 5.76. The Morgan fingerprint density at radius 3 is 2.41 bits per heavy atom. The van der Waals surface area contributed by atoms with Gasteiger partial charge in [0.15, 0.2) is 11.5 Å². The number of methoxy groups -OCH3 is 1. The minimum absolute atomic E-state index is 0.590. The highest BCUT2D eigenvalue weighted by atomic mass is 16.5. The van der Waals surface area contributed by atoms with Gasteiger partial charge in [-0.05, 0) is 30.2 Å². The molecule has 2 aromatic rings. The lowest BCUT2D eigenvalue weighted by Crippen LogP contribution is -2.46. The minimum atomic E-state index is 0.590. The van der Waals surface area contributed by atoms with E-state index in [4.69, 9.17) is 9.47 Å². The third-order valence-electron chi connectivity index (χ3n) is 4.91. The van der Waals surface area contributed by atoms with Gasteiger partial charge < -0.3 is 14.4 Å². The van der Waals surface area contributed by atoms with E-state index in [-0.39, 0.29) is 0 Å². The average molecular weight is 368 g/mol. The quantitative estimate of drug-likeness (QED) is 0.503. The second-order valence-electron chi connectivity index (χ2n) is 6.83. The molecule has 0 amide bonds. The second-order valence-corrected chi connectivity index (χ2v) is 6.83. The Labute approximate surface area is 161 Å². The number of nitrogens with zero attached hydrogens (tertiary/aromatic N) is 2. The summed E-state index contributed by atoms with van der Waals surface area (Å²) in [4.78, 5) is 15.9. The molecule has 1 heterocycles. The van der Waals surface area contributed by atoms with Gasteiger partial charge in [-0.2, -0.15) is 0 Å². The molecule has 27 heavy (non-hydrogen) atoms. The van der Waals surface area contributed by atoms with Crippen molar-refractivity contribution in [3.05, 3.63) is 59.7 Å². The monoisotopic (exact) mass is 368 g/mol. The summed E-state index contributed by atoms with van der Waals surface area (Å²) in [6, 6.07) is 15.9. The molecule has 1 fully saturated rings. The Bertz CT molecular complexity index is 713. The lowest BCUT2D eigenvalue weighted by molar-refractivity contribution is 0.112. The number of hydrogen-bond acceptors (Lipinski definition) is 5. The van der Waals surface area contributed by atoms with E-state index in [1.807, 2.05) is 0 Å². The predicted octanol–water partition coefficient (Wildman–Crippen LogP) is 3.09. The summed E-state index contributed by atoms with van der Waals surface area (Å²) >= 11 is 0. The van der Waals surface area contributed by atoms with Crippen LogP contribution in [-0.2, 0) is 6.54 Å². The standard InChI is InChI=1S/C22H28N2O3/c1-26-22-16-20(18-25)8-9-21(22)27-15-5-10-23-11-13-24(14-12-23)17-19-6-3-2-4-7-19/h2-4,6-9,16,18H,5,10-15,17H2,1H3. The van der Waals surface area contributed by atoms with E-state index in [1.165, 1.54) is 5.56 Å². The molecule has 0 atom stereocenters. The minimum Gasteiger partial charge on any atom is -0.493 e. The molecule has 5 nitrogen and oxygen atoms in total. The van der Waals surface area contributed by atoms with Crippen molar-refractivity contribution in [2.45, 2.75) is 13.0 Å². The normalized spacial score (nSPS) is 15.4. The fraction of sp³-hybridized carbons (Fsp3) is 0.409. The zero-order valence-electron chi connectivity index (χ0n) is 16.0. The molecule has 0 bridgehead atoms. The van der Waals surface area contributed by atoms with Crippen LogP contribution in [0.2, 0.25) is 0 Å². The molecule has 0 aliphatic carbocycles. The number of benzene rings is 2. The molecule has 2 aromatic carbocycles. The van der Waals surface area contributed by atoms with E-state index in [9.17, 15) is 4.79 Å². The average Bonchev–Trinajstić information content (AvgIpc) is 2.73. The van der Waals surface area contributed by atoms with Gasteiger partial charge in [0, 0.05) is 44.8 Å². The molecular weight excluding hydrogens is 340 g/mol. The Hall–Kier alpha value is -2.37. The van der Waals surface area contributed by atoms with Gasteiger partial charge in [0.25, 0.3) is 0 Å². The fourth-order valence-corrected chi connectivity index (χ4v) is 3.36. The number of aldehydes is 1. The van der Waals surface area contributed by atoms with E-state index < -0.39 is 0 Å². The molecular formula is C22H28N2O3. The number of rotatable bonds is 9. The van der Waals surface area contributed by atoms with Gasteiger partial charge in [-0.1, -0.05) is 30.3 Å². The van der Waals surface area contributed by atoms with Crippen molar-refractivity contribution in [1.82, 2.24) is 9.80 Å². The van der Waals surface area contributed by atoms with Crippen LogP contribution in [0.1, 0.15) is 22.3 Å². The van der Waals surface area contributed by atoms with Crippen LogP contribution in [0, 0.1) is 0 Å². The summed E-state index contributed by atoms with van der Waals surface area (Å²) in [6.45, 7) is 7.13. The molecule has 144 valence electrons. The second kappa shape index (κ2) is 10.1. The smallest absolute Gasteiger partial charge is 0.161 e. The molecule has 0 aromatic heterocycles. The van der Waals surface area contributed by atoms with Crippen molar-refractivity contribution < 1.29 is 14.3 Å². The van der Waals surface area contributed by atoms with Crippen LogP contribution in [0.15, 0.2) is 48.5 Å². The number of carbonyl (C=O) groups excluding carboxylic acids is 1. The van der Waals surface area contributed by atoms with Crippen molar-refractivity contribution in [3.63, 3.8) is 0 Å². The zero-order chi connectivity index (χ0) is 18.9. The molecule has 5 heteroatoms. The highest BCUT2D eigenvalue weighted by Gasteiger charge is 2.16. The van der Waals surface area contributed by atoms with Crippen molar-refractivity contribution in [2.24, 2.45) is 0 Å². The lowest BCUT2D eigenvalue weighted by Gasteiger charge is -2.34. The van der Waals surface area contributed by atoms with Crippen LogP contribution in [0.4, 0.5) is 0 Å². The Morgan fingerprint density at radius 2 is 1.70 bits per heavy atom. The van der Waals surface area contributed by atoms with Gasteiger partial charge in [0.1, 0.15) is 6.29 Å². The first kappa shape index (κ1) is 19.4. The third kappa shape index (κ3) is 5.81. The Balaban J connectivity index is 1.35. The SMILES string of the molecule is COc1cc(C=O)ccc1OCCCN1CCN(Cc2ccccc2)CC1. The zero-order valence-corrected chi connectivity index (χ0v) is 16.0. The van der Waals surface area contributed by atoms with Gasteiger partial charge >= 0.3 is 0 Å². The maximum absolute atomic E-state index is 10.8. The van der Waals surface area contributed by atoms with Gasteiger partial charge in [-0.25, -0.2) is 0 Å². The summed E-state index contributed by atoms with van der Waals surface area (Å²) in [5, 5.41) is 0. The van der Waals surface area contributed by atoms with Gasteiger partial charge in [-0.15, -0.1) is 0 Å². The third-order valence-corrected chi connectivity index (χ3v) is 4.91. The summed E-state index contributed by atoms with van der Waals surface area (Å²) < 4.78 is 11.1. The van der Waals surface area contributed by atoms with E-state index in [1.54, 1.807) is 25.3 Å². The first-order valence-corrected chi connectivity index (χ1v) is 9.53. The number of hydrogen-bond donors (Lipinski definition) is 0. The van der Waals surface area contributed by atoms with Gasteiger partial charge in [0.05, 0.1) is 13.7 Å². The number of piperazine rings is 1. The van der Waals surface area contributed by atoms with Crippen molar-refractivity contribution in [1.29, 1.82) is 0 Å². The van der Waals surface area contributed by atoms with Crippen LogP contribution < -0.4 is 9.47 Å². The summed E-state index contributed by atoms with van der Waals surface area (Å²) in [6.07, 6.45) is 1.78. The first-order chi connectivity index (χ1) is 13.3. The molecule has 0 saturated carbocycles. The number of ether oxygens (including phenoxy) is 2. The van der Waals surface area contributed by atoms with Crippen LogP contribution in [0.5, 0.6) is 11.5 Å². The highest BCUT2D eigenvalue weighted by Crippen LogP contribution is 2.27. The molecule has 1 saturated heterocycles. The molecule has 0 unspecified atom stereocenters. The molecule has 0 radical (unpaired) electrons. The maximum Gasteiger partial charge on any atom is 0.161 e. The molecule has 3 rings (SSSR count). The van der Waals surface area contributed by atoms with E-state index in [0.717, 1.165) is 52.0 Å². The van der Waals surface area contributed by atoms with Gasteiger partial charge in [0.2, 0.25) is 0 Å². The topological polar surface area (TPSA) is 42.0 Å². The van der Waals surface area contributed by atoms with Crippen LogP contribution in [0.3, 0.4) is 0 Å². The number of carbonyl (C=O) groups is 1. The van der Waals surface area contributed by atoms with Gasteiger partial charge in [-0.3, -0.25) is 9.69 Å².